The monoisotopic (exact) mass is 308 g/mol. The third-order valence-electron chi connectivity index (χ3n) is 3.05. The number of benzene rings is 1. The Balaban J connectivity index is 3.26. The van der Waals surface area contributed by atoms with Crippen LogP contribution in [0.2, 0.25) is 0 Å². The second-order valence-electron chi connectivity index (χ2n) is 4.64. The minimum atomic E-state index is -1.23. The molecule has 1 N–H and O–H groups in total. The van der Waals surface area contributed by atoms with Crippen molar-refractivity contribution >= 4 is 23.3 Å². The van der Waals surface area contributed by atoms with Gasteiger partial charge in [0.2, 0.25) is 5.91 Å². The summed E-state index contributed by atoms with van der Waals surface area (Å²) in [4.78, 5) is 45.0. The topological polar surface area (TPSA) is 116 Å². The number of ether oxygens (including phenoxy) is 1. The fraction of sp³-hybridized carbons (Fsp3) is 0.357. The van der Waals surface area contributed by atoms with Crippen LogP contribution >= 0.6 is 0 Å². The predicted octanol–water partition coefficient (Wildman–Crippen LogP) is 1.15. The Morgan fingerprint density at radius 2 is 1.73 bits per heavy atom. The summed E-state index contributed by atoms with van der Waals surface area (Å²) in [5, 5.41) is 13.2. The zero-order chi connectivity index (χ0) is 16.9. The molecular formula is C14H16N2O6. The lowest BCUT2D eigenvalue weighted by Gasteiger charge is -2.24. The number of Topliss-reactive ketones (excluding diaryl/α,β-unsaturated/α-hetero) is 1. The summed E-state index contributed by atoms with van der Waals surface area (Å²) in [5.41, 5.74) is 0.258. The van der Waals surface area contributed by atoms with E-state index in [2.05, 4.69) is 10.1 Å². The molecule has 0 fully saturated rings. The minimum absolute atomic E-state index is 0.136. The third-order valence-corrected chi connectivity index (χ3v) is 3.05. The number of nitro groups is 1. The van der Waals surface area contributed by atoms with Crippen molar-refractivity contribution in [2.24, 2.45) is 5.92 Å². The van der Waals surface area contributed by atoms with Gasteiger partial charge in [-0.3, -0.25) is 24.5 Å². The lowest BCUT2D eigenvalue weighted by atomic mass is 9.89. The first kappa shape index (κ1) is 17.3. The molecule has 0 aliphatic heterocycles. The average molecular weight is 308 g/mol. The first-order chi connectivity index (χ1) is 10.3. The van der Waals surface area contributed by atoms with E-state index in [-0.39, 0.29) is 5.69 Å². The number of hydrogen-bond acceptors (Lipinski definition) is 6. The highest BCUT2D eigenvalue weighted by atomic mass is 16.6. The molecule has 0 radical (unpaired) electrons. The van der Waals surface area contributed by atoms with E-state index in [1.807, 2.05) is 0 Å². The average Bonchev–Trinajstić information content (AvgIpc) is 2.45. The molecule has 8 heteroatoms. The Morgan fingerprint density at radius 3 is 2.09 bits per heavy atom. The van der Waals surface area contributed by atoms with Crippen molar-refractivity contribution in [2.75, 3.05) is 7.11 Å². The fourth-order valence-electron chi connectivity index (χ4n) is 2.05. The van der Waals surface area contributed by atoms with Crippen molar-refractivity contribution in [1.82, 2.24) is 5.32 Å². The lowest BCUT2D eigenvalue weighted by Crippen LogP contribution is -2.39. The second kappa shape index (κ2) is 7.30. The quantitative estimate of drug-likeness (QED) is 0.365. The maximum absolute atomic E-state index is 11.8. The molecule has 0 saturated heterocycles. The van der Waals surface area contributed by atoms with Gasteiger partial charge in [0.25, 0.3) is 5.69 Å². The Hall–Kier alpha value is -2.77. The van der Waals surface area contributed by atoms with Crippen molar-refractivity contribution in [2.45, 2.75) is 19.9 Å². The van der Waals surface area contributed by atoms with Crippen molar-refractivity contribution in [1.29, 1.82) is 0 Å². The number of methoxy groups -OCH3 is 1. The minimum Gasteiger partial charge on any atom is -0.468 e. The summed E-state index contributed by atoms with van der Waals surface area (Å²) in [7, 11) is 1.14. The molecule has 0 saturated carbocycles. The normalized spacial score (nSPS) is 12.9. The molecule has 0 aliphatic rings. The highest BCUT2D eigenvalue weighted by molar-refractivity contribution is 5.99. The Morgan fingerprint density at radius 1 is 1.18 bits per heavy atom. The summed E-state index contributed by atoms with van der Waals surface area (Å²) < 4.78 is 4.60. The maximum Gasteiger partial charge on any atom is 0.318 e. The number of hydrogen-bond donors (Lipinski definition) is 1. The molecule has 118 valence electrons. The number of nitrogens with zero attached hydrogens (tertiary/aromatic N) is 1. The number of nitrogens with one attached hydrogen (secondary N) is 1. The lowest BCUT2D eigenvalue weighted by molar-refractivity contribution is -0.384. The molecule has 22 heavy (non-hydrogen) atoms. The molecule has 0 aliphatic carbocycles. The summed E-state index contributed by atoms with van der Waals surface area (Å²) in [6.45, 7) is 2.45. The number of rotatable bonds is 6. The molecule has 2 atom stereocenters. The van der Waals surface area contributed by atoms with E-state index in [4.69, 9.17) is 0 Å². The van der Waals surface area contributed by atoms with Gasteiger partial charge in [-0.05, 0) is 12.5 Å². The number of carbonyl (C=O) groups excluding carboxylic acids is 3. The summed E-state index contributed by atoms with van der Waals surface area (Å²) in [5.74, 6) is -2.94. The molecule has 1 aromatic rings. The molecule has 1 rings (SSSR count). The number of amides is 1. The molecule has 0 bridgehead atoms. The molecule has 1 amide bonds. The van der Waals surface area contributed by atoms with Crippen LogP contribution in [0.25, 0.3) is 0 Å². The van der Waals surface area contributed by atoms with Gasteiger partial charge in [0.05, 0.1) is 18.1 Å². The van der Waals surface area contributed by atoms with Crippen LogP contribution in [0, 0.1) is 16.0 Å². The smallest absolute Gasteiger partial charge is 0.318 e. The van der Waals surface area contributed by atoms with E-state index in [0.717, 1.165) is 7.11 Å². The van der Waals surface area contributed by atoms with E-state index in [9.17, 15) is 24.5 Å². The van der Waals surface area contributed by atoms with Gasteiger partial charge in [0.1, 0.15) is 11.7 Å². The molecule has 0 unspecified atom stereocenters. The van der Waals surface area contributed by atoms with Crippen LogP contribution in [-0.2, 0) is 19.1 Å². The van der Waals surface area contributed by atoms with Gasteiger partial charge in [-0.15, -0.1) is 0 Å². The standard InChI is InChI=1S/C14H16N2O6/c1-8(17)12(14(19)22-3)13(15-9(2)18)10-4-6-11(7-5-10)16(20)21/h4-7,12-13H,1-3H3,(H,15,18)/t12-,13+/m1/s1. The van der Waals surface area contributed by atoms with Crippen LogP contribution in [0.4, 0.5) is 5.69 Å². The van der Waals surface area contributed by atoms with Gasteiger partial charge in [-0.1, -0.05) is 12.1 Å². The van der Waals surface area contributed by atoms with Crippen LogP contribution in [0.5, 0.6) is 0 Å². The van der Waals surface area contributed by atoms with Crippen molar-refractivity contribution in [3.8, 4) is 0 Å². The van der Waals surface area contributed by atoms with E-state index < -0.39 is 34.5 Å². The van der Waals surface area contributed by atoms with Gasteiger partial charge in [-0.2, -0.15) is 0 Å². The highest BCUT2D eigenvalue weighted by Crippen LogP contribution is 2.26. The molecule has 0 spiro atoms. The molecule has 1 aromatic carbocycles. The van der Waals surface area contributed by atoms with E-state index in [0.29, 0.717) is 5.56 Å². The Bertz CT molecular complexity index is 596. The Kier molecular flexibility index (Phi) is 5.73. The largest absolute Gasteiger partial charge is 0.468 e. The van der Waals surface area contributed by atoms with Crippen LogP contribution in [0.15, 0.2) is 24.3 Å². The van der Waals surface area contributed by atoms with Gasteiger partial charge in [0.15, 0.2) is 0 Å². The van der Waals surface area contributed by atoms with E-state index in [1.54, 1.807) is 0 Å². The fourth-order valence-corrected chi connectivity index (χ4v) is 2.05. The zero-order valence-corrected chi connectivity index (χ0v) is 12.4. The van der Waals surface area contributed by atoms with Gasteiger partial charge >= 0.3 is 5.97 Å². The maximum atomic E-state index is 11.8. The number of esters is 1. The van der Waals surface area contributed by atoms with Gasteiger partial charge in [-0.25, -0.2) is 0 Å². The second-order valence-corrected chi connectivity index (χ2v) is 4.64. The number of nitro benzene ring substituents is 1. The van der Waals surface area contributed by atoms with E-state index >= 15 is 0 Å². The Labute approximate surface area is 126 Å². The highest BCUT2D eigenvalue weighted by Gasteiger charge is 2.35. The third kappa shape index (κ3) is 4.11. The number of ketones is 1. The number of non-ortho nitro benzene ring substituents is 1. The first-order valence-electron chi connectivity index (χ1n) is 6.37. The predicted molar refractivity (Wildman–Crippen MR) is 75.8 cm³/mol. The van der Waals surface area contributed by atoms with Crippen molar-refractivity contribution in [3.05, 3.63) is 39.9 Å². The van der Waals surface area contributed by atoms with Crippen LogP contribution in [-0.4, -0.2) is 29.7 Å². The summed E-state index contributed by atoms with van der Waals surface area (Å²) in [6, 6.07) is 4.29. The van der Waals surface area contributed by atoms with Crippen molar-refractivity contribution < 1.29 is 24.0 Å². The van der Waals surface area contributed by atoms with Gasteiger partial charge in [0, 0.05) is 19.1 Å². The SMILES string of the molecule is COC(=O)[C@H](C(C)=O)[C@@H](NC(C)=O)c1ccc([N+](=O)[O-])cc1. The summed E-state index contributed by atoms with van der Waals surface area (Å²) in [6.07, 6.45) is 0. The molecule has 8 nitrogen and oxygen atoms in total. The van der Waals surface area contributed by atoms with Crippen molar-refractivity contribution in [3.63, 3.8) is 0 Å². The summed E-state index contributed by atoms with van der Waals surface area (Å²) >= 11 is 0. The van der Waals surface area contributed by atoms with Gasteiger partial charge < -0.3 is 10.1 Å². The van der Waals surface area contributed by atoms with Crippen LogP contribution in [0.1, 0.15) is 25.5 Å². The molecule has 0 aromatic heterocycles. The number of carbonyl (C=O) groups is 3. The van der Waals surface area contributed by atoms with E-state index in [1.165, 1.54) is 38.1 Å². The zero-order valence-electron chi connectivity index (χ0n) is 12.4. The molecular weight excluding hydrogens is 292 g/mol. The first-order valence-corrected chi connectivity index (χ1v) is 6.37. The van der Waals surface area contributed by atoms with Crippen LogP contribution < -0.4 is 5.32 Å². The van der Waals surface area contributed by atoms with Crippen LogP contribution in [0.3, 0.4) is 0 Å². The molecule has 0 heterocycles.